The fourth-order valence-electron chi connectivity index (χ4n) is 2.99. The number of aromatic hydroxyl groups is 1. The second-order valence-electron chi connectivity index (χ2n) is 5.94. The van der Waals surface area contributed by atoms with Crippen LogP contribution in [0.25, 0.3) is 11.8 Å². The second-order valence-corrected chi connectivity index (χ2v) is 5.94. The Morgan fingerprint density at radius 1 is 1.25 bits per heavy atom. The van der Waals surface area contributed by atoms with Crippen molar-refractivity contribution in [3.63, 3.8) is 0 Å². The topological polar surface area (TPSA) is 78.1 Å². The summed E-state index contributed by atoms with van der Waals surface area (Å²) in [6.45, 7) is 0. The third kappa shape index (κ3) is 3.49. The Labute approximate surface area is 140 Å². The van der Waals surface area contributed by atoms with Crippen LogP contribution < -0.4 is 5.32 Å². The van der Waals surface area contributed by atoms with Crippen LogP contribution in [0.4, 0.5) is 0 Å². The monoisotopic (exact) mass is 321 g/mol. The highest BCUT2D eigenvalue weighted by atomic mass is 16.3. The number of hydrogen-bond acceptors (Lipinski definition) is 3. The van der Waals surface area contributed by atoms with Crippen molar-refractivity contribution in [1.82, 2.24) is 9.88 Å². The number of nitrogens with zero attached hydrogens (tertiary/aromatic N) is 2. The fraction of sp³-hybridized carbons (Fsp3) is 0.263. The highest BCUT2D eigenvalue weighted by Gasteiger charge is 2.19. The van der Waals surface area contributed by atoms with Gasteiger partial charge in [-0.05, 0) is 55.3 Å². The zero-order valence-electron chi connectivity index (χ0n) is 13.3. The Hall–Kier alpha value is -3.00. The van der Waals surface area contributed by atoms with Crippen LogP contribution in [-0.4, -0.2) is 21.6 Å². The number of rotatable bonds is 4. The lowest BCUT2D eigenvalue weighted by molar-refractivity contribution is -0.117. The first-order valence-electron chi connectivity index (χ1n) is 8.07. The number of carbonyl (C=O) groups excluding carboxylic acids is 1. The molecule has 1 aromatic heterocycles. The van der Waals surface area contributed by atoms with Gasteiger partial charge in [0.25, 0.3) is 5.91 Å². The predicted molar refractivity (Wildman–Crippen MR) is 91.4 cm³/mol. The maximum absolute atomic E-state index is 12.3. The van der Waals surface area contributed by atoms with Gasteiger partial charge in [-0.1, -0.05) is 12.8 Å². The number of nitriles is 1. The van der Waals surface area contributed by atoms with Crippen molar-refractivity contribution in [3.8, 4) is 17.5 Å². The Kier molecular flexibility index (Phi) is 4.66. The summed E-state index contributed by atoms with van der Waals surface area (Å²) in [6.07, 6.45) is 7.66. The van der Waals surface area contributed by atoms with Gasteiger partial charge in [0.05, 0.1) is 0 Å². The van der Waals surface area contributed by atoms with Gasteiger partial charge in [0.15, 0.2) is 0 Å². The summed E-state index contributed by atoms with van der Waals surface area (Å²) in [7, 11) is 0. The smallest absolute Gasteiger partial charge is 0.262 e. The van der Waals surface area contributed by atoms with Crippen molar-refractivity contribution in [2.24, 2.45) is 0 Å². The first kappa shape index (κ1) is 15.9. The van der Waals surface area contributed by atoms with E-state index in [1.807, 2.05) is 29.0 Å². The molecule has 122 valence electrons. The summed E-state index contributed by atoms with van der Waals surface area (Å²) < 4.78 is 1.86. The number of nitrogens with one attached hydrogen (secondary N) is 1. The van der Waals surface area contributed by atoms with E-state index in [4.69, 9.17) is 0 Å². The highest BCUT2D eigenvalue weighted by molar-refractivity contribution is 6.01. The van der Waals surface area contributed by atoms with Crippen LogP contribution in [-0.2, 0) is 4.79 Å². The lowest BCUT2D eigenvalue weighted by atomic mass is 10.2. The number of carbonyl (C=O) groups is 1. The Morgan fingerprint density at radius 3 is 2.62 bits per heavy atom. The Bertz CT molecular complexity index is 791. The lowest BCUT2D eigenvalue weighted by Gasteiger charge is -2.11. The second kappa shape index (κ2) is 7.05. The van der Waals surface area contributed by atoms with E-state index in [1.54, 1.807) is 30.3 Å². The summed E-state index contributed by atoms with van der Waals surface area (Å²) in [5.74, 6) is -0.125. The van der Waals surface area contributed by atoms with E-state index in [2.05, 4.69) is 5.32 Å². The highest BCUT2D eigenvalue weighted by Crippen LogP contribution is 2.20. The maximum atomic E-state index is 12.3. The van der Waals surface area contributed by atoms with Crippen molar-refractivity contribution in [2.75, 3.05) is 0 Å². The first-order valence-corrected chi connectivity index (χ1v) is 8.07. The summed E-state index contributed by atoms with van der Waals surface area (Å²) in [6, 6.07) is 12.6. The van der Waals surface area contributed by atoms with Crippen LogP contribution in [0.2, 0.25) is 0 Å². The van der Waals surface area contributed by atoms with Gasteiger partial charge < -0.3 is 15.0 Å². The van der Waals surface area contributed by atoms with Crippen LogP contribution >= 0.6 is 0 Å². The normalized spacial score (nSPS) is 15.2. The maximum Gasteiger partial charge on any atom is 0.262 e. The minimum absolute atomic E-state index is 0.0978. The van der Waals surface area contributed by atoms with Gasteiger partial charge >= 0.3 is 0 Å². The number of hydrogen-bond donors (Lipinski definition) is 2. The van der Waals surface area contributed by atoms with Gasteiger partial charge in [-0.25, -0.2) is 0 Å². The molecule has 5 heteroatoms. The molecule has 0 unspecified atom stereocenters. The van der Waals surface area contributed by atoms with Crippen molar-refractivity contribution in [2.45, 2.75) is 31.7 Å². The van der Waals surface area contributed by atoms with Gasteiger partial charge in [-0.2, -0.15) is 5.26 Å². The van der Waals surface area contributed by atoms with Crippen LogP contribution in [0, 0.1) is 11.3 Å². The predicted octanol–water partition coefficient (Wildman–Crippen LogP) is 3.15. The van der Waals surface area contributed by atoms with Crippen molar-refractivity contribution in [3.05, 3.63) is 53.9 Å². The van der Waals surface area contributed by atoms with Crippen molar-refractivity contribution >= 4 is 12.0 Å². The van der Waals surface area contributed by atoms with E-state index in [1.165, 1.54) is 0 Å². The molecule has 1 saturated carbocycles. The van der Waals surface area contributed by atoms with Gasteiger partial charge in [0.1, 0.15) is 17.4 Å². The van der Waals surface area contributed by atoms with E-state index < -0.39 is 0 Å². The number of phenolic OH excluding ortho intramolecular Hbond substituents is 1. The number of amides is 1. The zero-order chi connectivity index (χ0) is 16.9. The van der Waals surface area contributed by atoms with Gasteiger partial charge in [0.2, 0.25) is 0 Å². The minimum Gasteiger partial charge on any atom is -0.508 e. The third-order valence-corrected chi connectivity index (χ3v) is 4.26. The van der Waals surface area contributed by atoms with Crippen LogP contribution in [0.3, 0.4) is 0 Å². The molecule has 2 aromatic rings. The molecule has 1 aliphatic rings. The molecule has 0 saturated heterocycles. The molecule has 0 radical (unpaired) electrons. The molecule has 3 rings (SSSR count). The van der Waals surface area contributed by atoms with E-state index in [0.29, 0.717) is 0 Å². The number of benzene rings is 1. The van der Waals surface area contributed by atoms with Crippen LogP contribution in [0.1, 0.15) is 31.4 Å². The molecule has 5 nitrogen and oxygen atoms in total. The van der Waals surface area contributed by atoms with Crippen LogP contribution in [0.15, 0.2) is 48.2 Å². The number of aromatic nitrogens is 1. The summed E-state index contributed by atoms with van der Waals surface area (Å²) >= 11 is 0. The molecule has 1 aliphatic carbocycles. The summed E-state index contributed by atoms with van der Waals surface area (Å²) in [4.78, 5) is 12.3. The SMILES string of the molecule is N#C/C(=C/c1cccn1-c1ccc(O)cc1)C(=O)NC1CCCC1. The van der Waals surface area contributed by atoms with E-state index in [-0.39, 0.29) is 23.3 Å². The molecule has 0 spiro atoms. The van der Waals surface area contributed by atoms with Crippen molar-refractivity contribution in [1.29, 1.82) is 5.26 Å². The molecule has 1 heterocycles. The van der Waals surface area contributed by atoms with E-state index in [0.717, 1.165) is 37.1 Å². The lowest BCUT2D eigenvalue weighted by Crippen LogP contribution is -2.33. The molecular formula is C19H19N3O2. The van der Waals surface area contributed by atoms with E-state index in [9.17, 15) is 15.2 Å². The standard InChI is InChI=1S/C19H19N3O2/c20-13-14(19(24)21-15-4-1-2-5-15)12-17-6-3-11-22(17)16-7-9-18(23)10-8-16/h3,6-12,15,23H,1-2,4-5H2,(H,21,24)/b14-12-. The quantitative estimate of drug-likeness (QED) is 0.671. The average Bonchev–Trinajstić information content (AvgIpc) is 3.25. The molecule has 2 N–H and O–H groups in total. The zero-order valence-corrected chi connectivity index (χ0v) is 13.3. The molecule has 24 heavy (non-hydrogen) atoms. The van der Waals surface area contributed by atoms with Crippen LogP contribution in [0.5, 0.6) is 5.75 Å². The molecule has 0 aliphatic heterocycles. The van der Waals surface area contributed by atoms with Gasteiger partial charge in [-0.3, -0.25) is 4.79 Å². The van der Waals surface area contributed by atoms with Gasteiger partial charge in [-0.15, -0.1) is 0 Å². The Morgan fingerprint density at radius 2 is 1.96 bits per heavy atom. The van der Waals surface area contributed by atoms with Gasteiger partial charge in [0, 0.05) is 23.6 Å². The molecule has 1 fully saturated rings. The van der Waals surface area contributed by atoms with E-state index >= 15 is 0 Å². The first-order chi connectivity index (χ1) is 11.7. The Balaban J connectivity index is 1.84. The molecule has 1 aromatic carbocycles. The fourth-order valence-corrected chi connectivity index (χ4v) is 2.99. The molecule has 0 bridgehead atoms. The number of phenols is 1. The molecule has 0 atom stereocenters. The van der Waals surface area contributed by atoms with Crippen molar-refractivity contribution < 1.29 is 9.90 Å². The average molecular weight is 321 g/mol. The molecule has 1 amide bonds. The summed E-state index contributed by atoms with van der Waals surface area (Å²) in [5, 5.41) is 21.7. The minimum atomic E-state index is -0.317. The largest absolute Gasteiger partial charge is 0.508 e. The molecular weight excluding hydrogens is 302 g/mol. The third-order valence-electron chi connectivity index (χ3n) is 4.26. The summed E-state index contributed by atoms with van der Waals surface area (Å²) in [5.41, 5.74) is 1.68.